The number of carbonyl (C=O) groups excluding carboxylic acids is 1. The van der Waals surface area contributed by atoms with Crippen LogP contribution < -0.4 is 9.47 Å². The lowest BCUT2D eigenvalue weighted by Gasteiger charge is -2.27. The number of nitrogens with one attached hydrogen (secondary N) is 1. The summed E-state index contributed by atoms with van der Waals surface area (Å²) in [6.45, 7) is 2.75. The quantitative estimate of drug-likeness (QED) is 0.514. The molecule has 3 aromatic rings. The molecular weight excluding hydrogens is 398 g/mol. The second kappa shape index (κ2) is 8.69. The summed E-state index contributed by atoms with van der Waals surface area (Å²) in [5.74, 6) is 1.07. The number of nitrogens with zero attached hydrogens (tertiary/aromatic N) is 2. The number of H-pyrrole nitrogens is 1. The molecule has 0 aliphatic carbocycles. The third kappa shape index (κ3) is 3.59. The van der Waals surface area contributed by atoms with E-state index in [1.165, 1.54) is 0 Å². The van der Waals surface area contributed by atoms with Crippen molar-refractivity contribution in [3.8, 4) is 28.5 Å². The van der Waals surface area contributed by atoms with Crippen molar-refractivity contribution in [2.24, 2.45) is 0 Å². The predicted octanol–water partition coefficient (Wildman–Crippen LogP) is 3.12. The molecule has 31 heavy (non-hydrogen) atoms. The summed E-state index contributed by atoms with van der Waals surface area (Å²) in [4.78, 5) is 14.9. The number of ether oxygens (including phenoxy) is 2. The second-order valence-corrected chi connectivity index (χ2v) is 7.20. The smallest absolute Gasteiger partial charge is 0.273 e. The van der Waals surface area contributed by atoms with Gasteiger partial charge in [0.1, 0.15) is 17.1 Å². The molecule has 1 aliphatic heterocycles. The van der Waals surface area contributed by atoms with Crippen LogP contribution in [0.25, 0.3) is 11.3 Å². The molecule has 2 heterocycles. The minimum absolute atomic E-state index is 0.0262. The molecule has 1 aliphatic rings. The lowest BCUT2D eigenvalue weighted by atomic mass is 9.95. The largest absolute Gasteiger partial charge is 0.507 e. The maximum atomic E-state index is 13.2. The van der Waals surface area contributed by atoms with E-state index in [-0.39, 0.29) is 18.3 Å². The van der Waals surface area contributed by atoms with E-state index in [1.54, 1.807) is 30.2 Å². The molecule has 0 saturated heterocycles. The fourth-order valence-corrected chi connectivity index (χ4v) is 4.02. The lowest BCUT2D eigenvalue weighted by Crippen LogP contribution is -2.31. The van der Waals surface area contributed by atoms with Gasteiger partial charge >= 0.3 is 0 Å². The number of hydrogen-bond acceptors (Lipinski definition) is 6. The van der Waals surface area contributed by atoms with E-state index in [4.69, 9.17) is 9.47 Å². The van der Waals surface area contributed by atoms with Crippen molar-refractivity contribution in [2.45, 2.75) is 19.4 Å². The van der Waals surface area contributed by atoms with Crippen molar-refractivity contribution < 1.29 is 24.5 Å². The zero-order valence-electron chi connectivity index (χ0n) is 17.5. The average Bonchev–Trinajstić information content (AvgIpc) is 3.32. The van der Waals surface area contributed by atoms with Gasteiger partial charge in [0, 0.05) is 24.3 Å². The van der Waals surface area contributed by atoms with Gasteiger partial charge in [-0.3, -0.25) is 9.89 Å². The van der Waals surface area contributed by atoms with Gasteiger partial charge in [-0.05, 0) is 43.2 Å². The van der Waals surface area contributed by atoms with Crippen LogP contribution in [0.3, 0.4) is 0 Å². The lowest BCUT2D eigenvalue weighted by molar-refractivity contribution is 0.0732. The van der Waals surface area contributed by atoms with Crippen molar-refractivity contribution in [1.82, 2.24) is 15.1 Å². The van der Waals surface area contributed by atoms with E-state index < -0.39 is 6.04 Å². The number of fused-ring (bicyclic) bond motifs is 1. The Kier molecular flexibility index (Phi) is 5.81. The number of phenolic OH excluding ortho intramolecular Hbond substituents is 1. The number of hydrogen-bond donors (Lipinski definition) is 3. The first-order valence-electron chi connectivity index (χ1n) is 10.2. The summed E-state index contributed by atoms with van der Waals surface area (Å²) in [5, 5.41) is 27.0. The van der Waals surface area contributed by atoms with Crippen LogP contribution in [0, 0.1) is 0 Å². The normalized spacial score (nSPS) is 15.3. The third-order valence-corrected chi connectivity index (χ3v) is 5.38. The molecule has 1 aromatic heterocycles. The zero-order chi connectivity index (χ0) is 22.0. The van der Waals surface area contributed by atoms with E-state index >= 15 is 0 Å². The first-order valence-corrected chi connectivity index (χ1v) is 10.2. The summed E-state index contributed by atoms with van der Waals surface area (Å²) in [7, 11) is 1.57. The van der Waals surface area contributed by atoms with E-state index in [0.717, 1.165) is 5.56 Å². The molecule has 1 atom stereocenters. The molecule has 8 heteroatoms. The summed E-state index contributed by atoms with van der Waals surface area (Å²) >= 11 is 0. The third-order valence-electron chi connectivity index (χ3n) is 5.38. The minimum Gasteiger partial charge on any atom is -0.507 e. The number of phenols is 1. The molecule has 0 fully saturated rings. The number of aromatic hydroxyl groups is 1. The Balaban J connectivity index is 1.87. The molecule has 162 valence electrons. The molecule has 2 aromatic carbocycles. The van der Waals surface area contributed by atoms with Crippen LogP contribution in [0.2, 0.25) is 0 Å². The van der Waals surface area contributed by atoms with Gasteiger partial charge in [0.2, 0.25) is 0 Å². The van der Waals surface area contributed by atoms with Crippen molar-refractivity contribution in [2.75, 3.05) is 26.9 Å². The van der Waals surface area contributed by atoms with Crippen molar-refractivity contribution >= 4 is 5.91 Å². The number of benzene rings is 2. The van der Waals surface area contributed by atoms with Crippen LogP contribution in [0.4, 0.5) is 0 Å². The van der Waals surface area contributed by atoms with Gasteiger partial charge in [0.25, 0.3) is 5.91 Å². The van der Waals surface area contributed by atoms with Crippen molar-refractivity contribution in [3.05, 3.63) is 59.3 Å². The minimum atomic E-state index is -0.452. The SMILES string of the molecule is CCOc1ccc([C@@H]2c3c(-c4ccccc4O)n[nH]c3C(=O)N2CCCO)cc1OC. The molecule has 0 unspecified atom stereocenters. The number of carbonyl (C=O) groups is 1. The standard InChI is InChI=1S/C23H25N3O5/c1-3-31-17-10-9-14(13-18(17)30-2)22-19-20(15-7-4-5-8-16(15)28)24-25-21(19)23(29)26(22)11-6-12-27/h4-5,7-10,13,22,27-28H,3,6,11-12H2,1-2H3,(H,24,25)/t22-/m1/s1. The van der Waals surface area contributed by atoms with E-state index in [9.17, 15) is 15.0 Å². The van der Waals surface area contributed by atoms with Gasteiger partial charge in [0.15, 0.2) is 11.5 Å². The maximum Gasteiger partial charge on any atom is 0.273 e. The topological polar surface area (TPSA) is 108 Å². The molecule has 8 nitrogen and oxygen atoms in total. The Morgan fingerprint density at radius 2 is 2.00 bits per heavy atom. The predicted molar refractivity (Wildman–Crippen MR) is 114 cm³/mol. The Labute approximate surface area is 180 Å². The summed E-state index contributed by atoms with van der Waals surface area (Å²) < 4.78 is 11.1. The fraction of sp³-hybridized carbons (Fsp3) is 0.304. The highest BCUT2D eigenvalue weighted by molar-refractivity contribution is 6.00. The number of aromatic amines is 1. The average molecular weight is 423 g/mol. The number of rotatable bonds is 8. The summed E-state index contributed by atoms with van der Waals surface area (Å²) in [5.41, 5.74) is 2.96. The highest BCUT2D eigenvalue weighted by atomic mass is 16.5. The van der Waals surface area contributed by atoms with E-state index in [2.05, 4.69) is 10.2 Å². The van der Waals surface area contributed by atoms with E-state index in [1.807, 2.05) is 31.2 Å². The van der Waals surface area contributed by atoms with Crippen molar-refractivity contribution in [1.29, 1.82) is 0 Å². The van der Waals surface area contributed by atoms with Gasteiger partial charge in [-0.1, -0.05) is 18.2 Å². The molecule has 1 amide bonds. The monoisotopic (exact) mass is 423 g/mol. The fourth-order valence-electron chi connectivity index (χ4n) is 4.02. The van der Waals surface area contributed by atoms with Crippen LogP contribution >= 0.6 is 0 Å². The number of aliphatic hydroxyl groups is 1. The number of para-hydroxylation sites is 1. The molecule has 0 radical (unpaired) electrons. The maximum absolute atomic E-state index is 13.2. The van der Waals surface area contributed by atoms with E-state index in [0.29, 0.717) is 53.6 Å². The zero-order valence-corrected chi connectivity index (χ0v) is 17.5. The van der Waals surface area contributed by atoms with Gasteiger partial charge in [-0.2, -0.15) is 5.10 Å². The molecule has 0 saturated carbocycles. The Morgan fingerprint density at radius 1 is 1.19 bits per heavy atom. The van der Waals surface area contributed by atoms with Crippen molar-refractivity contribution in [3.63, 3.8) is 0 Å². The molecule has 0 bridgehead atoms. The molecular formula is C23H25N3O5. The van der Waals surface area contributed by atoms with Crippen LogP contribution in [0.15, 0.2) is 42.5 Å². The van der Waals surface area contributed by atoms with Crippen LogP contribution in [0.1, 0.15) is 41.0 Å². The van der Waals surface area contributed by atoms with Crippen LogP contribution in [-0.2, 0) is 0 Å². The Morgan fingerprint density at radius 3 is 2.71 bits per heavy atom. The number of aromatic nitrogens is 2. The number of amides is 1. The first-order chi connectivity index (χ1) is 15.1. The molecule has 3 N–H and O–H groups in total. The van der Waals surface area contributed by atoms with Gasteiger partial charge in [-0.15, -0.1) is 0 Å². The van der Waals surface area contributed by atoms with Gasteiger partial charge in [0.05, 0.1) is 19.8 Å². The van der Waals surface area contributed by atoms with Crippen LogP contribution in [0.5, 0.6) is 17.2 Å². The molecule has 4 rings (SSSR count). The Bertz CT molecular complexity index is 1090. The first kappa shape index (κ1) is 20.7. The van der Waals surface area contributed by atoms with Gasteiger partial charge in [-0.25, -0.2) is 0 Å². The van der Waals surface area contributed by atoms with Gasteiger partial charge < -0.3 is 24.6 Å². The highest BCUT2D eigenvalue weighted by Crippen LogP contribution is 2.45. The summed E-state index contributed by atoms with van der Waals surface area (Å²) in [6.07, 6.45) is 0.444. The number of aliphatic hydroxyl groups excluding tert-OH is 1. The Hall–Kier alpha value is -3.52. The summed E-state index contributed by atoms with van der Waals surface area (Å²) in [6, 6.07) is 12.0. The highest BCUT2D eigenvalue weighted by Gasteiger charge is 2.42. The molecule has 0 spiro atoms. The number of methoxy groups -OCH3 is 1. The second-order valence-electron chi connectivity index (χ2n) is 7.20. The van der Waals surface area contributed by atoms with Crippen LogP contribution in [-0.4, -0.2) is 58.1 Å².